The summed E-state index contributed by atoms with van der Waals surface area (Å²) in [6, 6.07) is 11.2. The van der Waals surface area contributed by atoms with Gasteiger partial charge in [-0.05, 0) is 24.3 Å². The van der Waals surface area contributed by atoms with Crippen LogP contribution in [-0.2, 0) is 0 Å². The first-order chi connectivity index (χ1) is 11.1. The molecule has 2 aromatic carbocycles. The lowest BCUT2D eigenvalue weighted by atomic mass is 10.2. The van der Waals surface area contributed by atoms with Crippen LogP contribution in [0.2, 0.25) is 0 Å². The van der Waals surface area contributed by atoms with Crippen molar-refractivity contribution in [3.63, 3.8) is 0 Å². The molecule has 0 unspecified atom stereocenters. The van der Waals surface area contributed by atoms with Crippen molar-refractivity contribution in [1.82, 2.24) is 0 Å². The maximum atomic E-state index is 12.2. The van der Waals surface area contributed by atoms with Gasteiger partial charge in [-0.2, -0.15) is 0 Å². The van der Waals surface area contributed by atoms with Crippen molar-refractivity contribution >= 4 is 12.0 Å². The van der Waals surface area contributed by atoms with Crippen LogP contribution in [0, 0.1) is 10.1 Å². The summed E-state index contributed by atoms with van der Waals surface area (Å²) in [6.45, 7) is 0.113. The molecule has 3 rings (SSSR count). The molecule has 0 spiro atoms. The second-order valence-electron chi connectivity index (χ2n) is 4.60. The highest BCUT2D eigenvalue weighted by Crippen LogP contribution is 2.33. The van der Waals surface area contributed by atoms with Gasteiger partial charge < -0.3 is 14.2 Å². The number of hydrogen-bond acceptors (Lipinski definition) is 6. The molecular weight excluding hydrogens is 302 g/mol. The van der Waals surface area contributed by atoms with Gasteiger partial charge in [0.1, 0.15) is 5.75 Å². The van der Waals surface area contributed by atoms with Crippen LogP contribution in [0.1, 0.15) is 15.9 Å². The normalized spacial score (nSPS) is 12.3. The molecule has 0 aliphatic carbocycles. The third-order valence-electron chi connectivity index (χ3n) is 3.11. The van der Waals surface area contributed by atoms with Gasteiger partial charge in [-0.3, -0.25) is 10.1 Å². The van der Waals surface area contributed by atoms with Gasteiger partial charge >= 0.3 is 5.97 Å². The quantitative estimate of drug-likeness (QED) is 0.373. The maximum Gasteiger partial charge on any atom is 0.343 e. The highest BCUT2D eigenvalue weighted by atomic mass is 16.7. The molecule has 7 heteroatoms. The minimum atomic E-state index is -0.592. The minimum absolute atomic E-state index is 0.113. The number of carbonyl (C=O) groups excluding carboxylic acids is 1. The molecule has 1 aliphatic rings. The summed E-state index contributed by atoms with van der Waals surface area (Å²) in [5, 5.41) is 10.4. The first-order valence-electron chi connectivity index (χ1n) is 6.66. The number of rotatable bonds is 4. The van der Waals surface area contributed by atoms with E-state index in [0.717, 1.165) is 6.20 Å². The van der Waals surface area contributed by atoms with Gasteiger partial charge in [-0.15, -0.1) is 0 Å². The van der Waals surface area contributed by atoms with E-state index in [9.17, 15) is 14.9 Å². The Labute approximate surface area is 130 Å². The molecule has 1 heterocycles. The third-order valence-corrected chi connectivity index (χ3v) is 3.11. The van der Waals surface area contributed by atoms with Crippen LogP contribution in [0.5, 0.6) is 17.2 Å². The van der Waals surface area contributed by atoms with Crippen LogP contribution in [0.4, 0.5) is 0 Å². The van der Waals surface area contributed by atoms with Crippen LogP contribution in [-0.4, -0.2) is 17.7 Å². The van der Waals surface area contributed by atoms with Crippen LogP contribution in [0.3, 0.4) is 0 Å². The first kappa shape index (κ1) is 14.6. The highest BCUT2D eigenvalue weighted by Gasteiger charge is 2.18. The van der Waals surface area contributed by atoms with E-state index in [-0.39, 0.29) is 12.5 Å². The second-order valence-corrected chi connectivity index (χ2v) is 4.60. The molecule has 23 heavy (non-hydrogen) atoms. The molecule has 0 saturated carbocycles. The molecule has 0 atom stereocenters. The number of carbonyl (C=O) groups is 1. The Morgan fingerprint density at radius 3 is 2.78 bits per heavy atom. The average molecular weight is 313 g/mol. The summed E-state index contributed by atoms with van der Waals surface area (Å²) in [6.07, 6.45) is 2.05. The molecule has 0 saturated heterocycles. The summed E-state index contributed by atoms with van der Waals surface area (Å²) >= 11 is 0. The van der Waals surface area contributed by atoms with Crippen molar-refractivity contribution in [3.05, 3.63) is 69.9 Å². The predicted octanol–water partition coefficient (Wildman–Crippen LogP) is 2.88. The Morgan fingerprint density at radius 2 is 1.96 bits per heavy atom. The summed E-state index contributed by atoms with van der Waals surface area (Å²) in [5.41, 5.74) is 0.723. The summed E-state index contributed by atoms with van der Waals surface area (Å²) in [4.78, 5) is 22.1. The number of fused-ring (bicyclic) bond motifs is 1. The van der Waals surface area contributed by atoms with Crippen LogP contribution >= 0.6 is 0 Å². The molecule has 2 aromatic rings. The minimum Gasteiger partial charge on any atom is -0.454 e. The van der Waals surface area contributed by atoms with Crippen molar-refractivity contribution in [2.75, 3.05) is 6.79 Å². The van der Waals surface area contributed by atoms with Crippen LogP contribution in [0.25, 0.3) is 6.08 Å². The Morgan fingerprint density at radius 1 is 1.17 bits per heavy atom. The molecule has 7 nitrogen and oxygen atoms in total. The van der Waals surface area contributed by atoms with Crippen LogP contribution < -0.4 is 14.2 Å². The van der Waals surface area contributed by atoms with Gasteiger partial charge in [0.25, 0.3) is 0 Å². The van der Waals surface area contributed by atoms with E-state index in [1.165, 1.54) is 12.1 Å². The van der Waals surface area contributed by atoms with E-state index in [4.69, 9.17) is 14.2 Å². The first-order valence-corrected chi connectivity index (χ1v) is 6.66. The number of ether oxygens (including phenoxy) is 3. The number of nitro groups is 1. The van der Waals surface area contributed by atoms with E-state index >= 15 is 0 Å². The molecule has 0 fully saturated rings. The Kier molecular flexibility index (Phi) is 3.92. The number of nitrogens with zero attached hydrogens (tertiary/aromatic N) is 1. The van der Waals surface area contributed by atoms with Gasteiger partial charge in [0.15, 0.2) is 11.5 Å². The van der Waals surface area contributed by atoms with Gasteiger partial charge in [0.2, 0.25) is 13.0 Å². The topological polar surface area (TPSA) is 87.9 Å². The Balaban J connectivity index is 1.82. The summed E-state index contributed by atoms with van der Waals surface area (Å²) in [5.74, 6) is 0.676. The molecule has 0 bridgehead atoms. The molecule has 0 aromatic heterocycles. The molecule has 116 valence electrons. The third kappa shape index (κ3) is 3.29. The number of esters is 1. The molecule has 0 N–H and O–H groups in total. The lowest BCUT2D eigenvalue weighted by molar-refractivity contribution is -0.400. The van der Waals surface area contributed by atoms with E-state index in [1.54, 1.807) is 36.4 Å². The average Bonchev–Trinajstić information content (AvgIpc) is 3.01. The zero-order valence-electron chi connectivity index (χ0n) is 11.8. The van der Waals surface area contributed by atoms with Crippen molar-refractivity contribution < 1.29 is 23.9 Å². The predicted molar refractivity (Wildman–Crippen MR) is 80.0 cm³/mol. The monoisotopic (exact) mass is 313 g/mol. The molecular formula is C16H11NO6. The molecule has 0 radical (unpaired) electrons. The van der Waals surface area contributed by atoms with E-state index in [0.29, 0.717) is 22.6 Å². The fourth-order valence-corrected chi connectivity index (χ4v) is 2.03. The Bertz CT molecular complexity index is 799. The lowest BCUT2D eigenvalue weighted by Gasteiger charge is -2.07. The zero-order valence-corrected chi connectivity index (χ0v) is 11.8. The fraction of sp³-hybridized carbons (Fsp3) is 0.0625. The van der Waals surface area contributed by atoms with Gasteiger partial charge in [-0.25, -0.2) is 4.79 Å². The van der Waals surface area contributed by atoms with Crippen molar-refractivity contribution in [3.8, 4) is 17.2 Å². The summed E-state index contributed by atoms with van der Waals surface area (Å²) < 4.78 is 15.7. The maximum absolute atomic E-state index is 12.2. The fourth-order valence-electron chi connectivity index (χ4n) is 2.03. The van der Waals surface area contributed by atoms with E-state index in [2.05, 4.69) is 0 Å². The highest BCUT2D eigenvalue weighted by molar-refractivity contribution is 5.92. The van der Waals surface area contributed by atoms with Crippen LogP contribution in [0.15, 0.2) is 48.7 Å². The summed E-state index contributed by atoms with van der Waals surface area (Å²) in [7, 11) is 0. The largest absolute Gasteiger partial charge is 0.454 e. The van der Waals surface area contributed by atoms with Crippen molar-refractivity contribution in [1.29, 1.82) is 0 Å². The van der Waals surface area contributed by atoms with E-state index < -0.39 is 10.9 Å². The standard InChI is InChI=1S/C16H11NO6/c18-16(12-5-6-14-15(9-12)22-10-21-14)23-13-4-2-1-3-11(13)7-8-17(19)20/h1-9H,10H2/b8-7+. The smallest absolute Gasteiger partial charge is 0.343 e. The van der Waals surface area contributed by atoms with Crippen molar-refractivity contribution in [2.45, 2.75) is 0 Å². The number of para-hydroxylation sites is 1. The molecule has 0 amide bonds. The SMILES string of the molecule is O=C(Oc1ccccc1/C=C/[N+](=O)[O-])c1ccc2c(c1)OCO2. The number of hydrogen-bond donors (Lipinski definition) is 0. The van der Waals surface area contributed by atoms with E-state index in [1.807, 2.05) is 0 Å². The van der Waals surface area contributed by atoms with Gasteiger partial charge in [0, 0.05) is 11.6 Å². The zero-order chi connectivity index (χ0) is 16.2. The molecule has 1 aliphatic heterocycles. The Hall–Kier alpha value is -3.35. The van der Waals surface area contributed by atoms with Gasteiger partial charge in [0.05, 0.1) is 10.5 Å². The second kappa shape index (κ2) is 6.18. The number of benzene rings is 2. The lowest BCUT2D eigenvalue weighted by Crippen LogP contribution is -2.09. The van der Waals surface area contributed by atoms with Gasteiger partial charge in [-0.1, -0.05) is 18.2 Å². The van der Waals surface area contributed by atoms with Crippen molar-refractivity contribution in [2.24, 2.45) is 0 Å².